The molecule has 1 aromatic heterocycles. The van der Waals surface area contributed by atoms with Gasteiger partial charge in [-0.2, -0.15) is 0 Å². The molecule has 33 heavy (non-hydrogen) atoms. The summed E-state index contributed by atoms with van der Waals surface area (Å²) in [6, 6.07) is 3.99. The Morgan fingerprint density at radius 2 is 1.85 bits per heavy atom. The first-order chi connectivity index (χ1) is 15.6. The molecule has 0 aliphatic carbocycles. The van der Waals surface area contributed by atoms with Crippen molar-refractivity contribution in [1.82, 2.24) is 9.97 Å². The number of hydrogen-bond acceptors (Lipinski definition) is 7. The molecule has 3 rings (SSSR count). The largest absolute Gasteiger partial charge is 0.462 e. The molecule has 0 radical (unpaired) electrons. The Kier molecular flexibility index (Phi) is 8.24. The van der Waals surface area contributed by atoms with E-state index in [9.17, 15) is 14.0 Å². The highest BCUT2D eigenvalue weighted by atomic mass is 35.5. The number of benzene rings is 1. The molecule has 0 spiro atoms. The number of piperidine rings is 1. The Bertz CT molecular complexity index is 971. The number of rotatable bonds is 7. The van der Waals surface area contributed by atoms with E-state index in [1.165, 1.54) is 12.1 Å². The van der Waals surface area contributed by atoms with Gasteiger partial charge in [-0.25, -0.2) is 19.2 Å². The van der Waals surface area contributed by atoms with Gasteiger partial charge in [-0.05, 0) is 63.6 Å². The van der Waals surface area contributed by atoms with Crippen molar-refractivity contribution >= 4 is 29.5 Å². The van der Waals surface area contributed by atoms with Crippen molar-refractivity contribution in [2.24, 2.45) is 5.92 Å². The summed E-state index contributed by atoms with van der Waals surface area (Å²) in [6.07, 6.45) is 5.60. The second-order valence-corrected chi connectivity index (χ2v) is 9.56. The Balaban J connectivity index is 1.42. The van der Waals surface area contributed by atoms with E-state index < -0.39 is 23.4 Å². The standard InChI is InChI=1S/C24H29ClFN3O4/c1-24(2,3)33-21(30)13-17-4-5-18(12-20(17)26)22(31)32-11-8-16-6-9-29(10-7-16)23-27-14-19(25)15-28-23/h4-5,12,14-16H,6-11,13H2,1-3H3. The summed E-state index contributed by atoms with van der Waals surface area (Å²) in [6.45, 7) is 7.16. The minimum Gasteiger partial charge on any atom is -0.462 e. The number of hydrogen-bond donors (Lipinski definition) is 0. The van der Waals surface area contributed by atoms with E-state index in [0.717, 1.165) is 38.4 Å². The predicted molar refractivity (Wildman–Crippen MR) is 123 cm³/mol. The predicted octanol–water partition coefficient (Wildman–Crippen LogP) is 4.62. The number of carbonyl (C=O) groups excluding carboxylic acids is 2. The number of esters is 2. The lowest BCUT2D eigenvalue weighted by atomic mass is 9.94. The molecule has 0 N–H and O–H groups in total. The van der Waals surface area contributed by atoms with Gasteiger partial charge in [0, 0.05) is 13.1 Å². The van der Waals surface area contributed by atoms with Gasteiger partial charge in [0.1, 0.15) is 11.4 Å². The Morgan fingerprint density at radius 3 is 2.45 bits per heavy atom. The topological polar surface area (TPSA) is 81.6 Å². The van der Waals surface area contributed by atoms with Gasteiger partial charge >= 0.3 is 11.9 Å². The van der Waals surface area contributed by atoms with Crippen LogP contribution < -0.4 is 4.90 Å². The summed E-state index contributed by atoms with van der Waals surface area (Å²) >= 11 is 5.83. The van der Waals surface area contributed by atoms with Crippen LogP contribution in [0.1, 0.15) is 56.0 Å². The molecule has 0 amide bonds. The third-order valence-electron chi connectivity index (χ3n) is 5.31. The first kappa shape index (κ1) is 24.9. The monoisotopic (exact) mass is 477 g/mol. The molecule has 2 aromatic rings. The van der Waals surface area contributed by atoms with Gasteiger partial charge in [-0.1, -0.05) is 17.7 Å². The molecular formula is C24H29ClFN3O4. The molecule has 178 valence electrons. The van der Waals surface area contributed by atoms with Crippen LogP contribution in [0.15, 0.2) is 30.6 Å². The van der Waals surface area contributed by atoms with Crippen LogP contribution in [0.2, 0.25) is 5.02 Å². The third-order valence-corrected chi connectivity index (χ3v) is 5.50. The van der Waals surface area contributed by atoms with Crippen molar-refractivity contribution in [1.29, 1.82) is 0 Å². The van der Waals surface area contributed by atoms with Crippen molar-refractivity contribution in [2.75, 3.05) is 24.6 Å². The molecular weight excluding hydrogens is 449 g/mol. The van der Waals surface area contributed by atoms with Crippen LogP contribution in [0, 0.1) is 11.7 Å². The van der Waals surface area contributed by atoms with Crippen molar-refractivity contribution in [3.05, 3.63) is 52.6 Å². The molecule has 0 atom stereocenters. The second-order valence-electron chi connectivity index (χ2n) is 9.13. The van der Waals surface area contributed by atoms with E-state index in [-0.39, 0.29) is 24.2 Å². The maximum Gasteiger partial charge on any atom is 0.338 e. The van der Waals surface area contributed by atoms with E-state index in [4.69, 9.17) is 21.1 Å². The summed E-state index contributed by atoms with van der Waals surface area (Å²) in [5, 5.41) is 0.507. The molecule has 1 aliphatic rings. The maximum atomic E-state index is 14.4. The van der Waals surface area contributed by atoms with Gasteiger partial charge < -0.3 is 14.4 Å². The minimum atomic E-state index is -0.641. The van der Waals surface area contributed by atoms with Gasteiger partial charge in [0.2, 0.25) is 5.95 Å². The van der Waals surface area contributed by atoms with Crippen LogP contribution in [0.5, 0.6) is 0 Å². The van der Waals surface area contributed by atoms with E-state index in [1.807, 2.05) is 0 Å². The molecule has 1 aliphatic heterocycles. The lowest BCUT2D eigenvalue weighted by Crippen LogP contribution is -2.35. The normalized spacial score (nSPS) is 14.8. The third kappa shape index (κ3) is 7.67. The van der Waals surface area contributed by atoms with Crippen molar-refractivity contribution in [2.45, 2.75) is 52.1 Å². The smallest absolute Gasteiger partial charge is 0.338 e. The fraction of sp³-hybridized carbons (Fsp3) is 0.500. The zero-order valence-electron chi connectivity index (χ0n) is 19.1. The molecule has 0 unspecified atom stereocenters. The Morgan fingerprint density at radius 1 is 1.18 bits per heavy atom. The van der Waals surface area contributed by atoms with Crippen molar-refractivity contribution in [3.63, 3.8) is 0 Å². The van der Waals surface area contributed by atoms with Gasteiger partial charge in [-0.3, -0.25) is 4.79 Å². The Hall–Kier alpha value is -2.74. The van der Waals surface area contributed by atoms with Crippen molar-refractivity contribution < 1.29 is 23.5 Å². The average Bonchev–Trinajstić information content (AvgIpc) is 2.75. The number of carbonyl (C=O) groups is 2. The fourth-order valence-electron chi connectivity index (χ4n) is 3.64. The van der Waals surface area contributed by atoms with Crippen LogP contribution in [-0.4, -0.2) is 47.2 Å². The molecule has 1 saturated heterocycles. The maximum absolute atomic E-state index is 14.4. The zero-order valence-corrected chi connectivity index (χ0v) is 19.9. The molecule has 1 fully saturated rings. The van der Waals surface area contributed by atoms with Crippen LogP contribution in [0.4, 0.5) is 10.3 Å². The molecule has 7 nitrogen and oxygen atoms in total. The first-order valence-corrected chi connectivity index (χ1v) is 11.4. The molecule has 0 saturated carbocycles. The quantitative estimate of drug-likeness (QED) is 0.538. The minimum absolute atomic E-state index is 0.121. The summed E-state index contributed by atoms with van der Waals surface area (Å²) in [5.74, 6) is -0.641. The van der Waals surface area contributed by atoms with E-state index >= 15 is 0 Å². The van der Waals surface area contributed by atoms with E-state index in [0.29, 0.717) is 16.9 Å². The number of halogens is 2. The molecule has 2 heterocycles. The van der Waals surface area contributed by atoms with E-state index in [2.05, 4.69) is 14.9 Å². The highest BCUT2D eigenvalue weighted by molar-refractivity contribution is 6.30. The fourth-order valence-corrected chi connectivity index (χ4v) is 3.74. The lowest BCUT2D eigenvalue weighted by molar-refractivity contribution is -0.153. The van der Waals surface area contributed by atoms with Gasteiger partial charge in [0.15, 0.2) is 0 Å². The molecule has 1 aromatic carbocycles. The summed E-state index contributed by atoms with van der Waals surface area (Å²) in [4.78, 5) is 34.8. The zero-order chi connectivity index (χ0) is 24.0. The van der Waals surface area contributed by atoms with Crippen LogP contribution in [0.25, 0.3) is 0 Å². The highest BCUT2D eigenvalue weighted by Crippen LogP contribution is 2.24. The molecule has 9 heteroatoms. The molecule has 0 bridgehead atoms. The summed E-state index contributed by atoms with van der Waals surface area (Å²) < 4.78 is 24.9. The summed E-state index contributed by atoms with van der Waals surface area (Å²) in [7, 11) is 0. The van der Waals surface area contributed by atoms with Gasteiger partial charge in [-0.15, -0.1) is 0 Å². The Labute approximate surface area is 198 Å². The number of ether oxygens (including phenoxy) is 2. The van der Waals surface area contributed by atoms with Gasteiger partial charge in [0.25, 0.3) is 0 Å². The van der Waals surface area contributed by atoms with Gasteiger partial charge in [0.05, 0.1) is 36.0 Å². The van der Waals surface area contributed by atoms with Crippen LogP contribution >= 0.6 is 11.6 Å². The van der Waals surface area contributed by atoms with Crippen LogP contribution in [-0.2, 0) is 20.7 Å². The number of nitrogens with zero attached hydrogens (tertiary/aromatic N) is 3. The SMILES string of the molecule is CC(C)(C)OC(=O)Cc1ccc(C(=O)OCCC2CCN(c3ncc(Cl)cn3)CC2)cc1F. The van der Waals surface area contributed by atoms with Crippen molar-refractivity contribution in [3.8, 4) is 0 Å². The van der Waals surface area contributed by atoms with Crippen LogP contribution in [0.3, 0.4) is 0 Å². The number of aromatic nitrogens is 2. The second kappa shape index (κ2) is 10.9. The highest BCUT2D eigenvalue weighted by Gasteiger charge is 2.22. The average molecular weight is 478 g/mol. The first-order valence-electron chi connectivity index (χ1n) is 11.0. The summed E-state index contributed by atoms with van der Waals surface area (Å²) in [5.41, 5.74) is -0.343. The van der Waals surface area contributed by atoms with E-state index in [1.54, 1.807) is 33.2 Å². The lowest BCUT2D eigenvalue weighted by Gasteiger charge is -2.31. The number of anilines is 1.